The van der Waals surface area contributed by atoms with Crippen LogP contribution < -0.4 is 4.74 Å². The van der Waals surface area contributed by atoms with Crippen molar-refractivity contribution >= 4 is 6.29 Å². The summed E-state index contributed by atoms with van der Waals surface area (Å²) >= 11 is 0. The molecule has 26 heavy (non-hydrogen) atoms. The third-order valence-electron chi connectivity index (χ3n) is 6.23. The minimum Gasteiger partial charge on any atom is -0.507 e. The fourth-order valence-electron chi connectivity index (χ4n) is 4.61. The van der Waals surface area contributed by atoms with E-state index in [0.29, 0.717) is 36.5 Å². The van der Waals surface area contributed by atoms with E-state index in [2.05, 4.69) is 15.8 Å². The van der Waals surface area contributed by atoms with E-state index in [4.69, 9.17) is 9.47 Å². The highest BCUT2D eigenvalue weighted by atomic mass is 16.5. The third-order valence-corrected chi connectivity index (χ3v) is 6.23. The molecule has 3 unspecified atom stereocenters. The first kappa shape index (κ1) is 15.9. The van der Waals surface area contributed by atoms with E-state index in [1.54, 1.807) is 12.1 Å². The zero-order chi connectivity index (χ0) is 17.7. The van der Waals surface area contributed by atoms with Gasteiger partial charge in [-0.05, 0) is 37.5 Å². The van der Waals surface area contributed by atoms with Gasteiger partial charge in [-0.3, -0.25) is 9.48 Å². The molecule has 0 bridgehead atoms. The molecular weight excluding hydrogens is 332 g/mol. The number of rotatable bonds is 6. The lowest BCUT2D eigenvalue weighted by Crippen LogP contribution is -2.25. The van der Waals surface area contributed by atoms with Crippen molar-refractivity contribution in [1.82, 2.24) is 9.78 Å². The van der Waals surface area contributed by atoms with Crippen molar-refractivity contribution in [2.75, 3.05) is 19.8 Å². The van der Waals surface area contributed by atoms with Crippen LogP contribution in [0.15, 0.2) is 30.5 Å². The van der Waals surface area contributed by atoms with E-state index in [0.717, 1.165) is 19.6 Å². The number of fused-ring (bicyclic) bond motifs is 1. The molecular formula is C20H22N2O4. The van der Waals surface area contributed by atoms with Gasteiger partial charge < -0.3 is 14.6 Å². The zero-order valence-electron chi connectivity index (χ0n) is 14.5. The largest absolute Gasteiger partial charge is 0.507 e. The first-order chi connectivity index (χ1) is 12.7. The van der Waals surface area contributed by atoms with Gasteiger partial charge in [0, 0.05) is 35.7 Å². The molecule has 2 aliphatic carbocycles. The lowest BCUT2D eigenvalue weighted by atomic mass is 9.96. The molecule has 136 valence electrons. The number of carbonyl (C=O) groups excluding carboxylic acids is 1. The van der Waals surface area contributed by atoms with E-state index in [-0.39, 0.29) is 16.7 Å². The van der Waals surface area contributed by atoms with Gasteiger partial charge in [0.05, 0.1) is 24.8 Å². The molecule has 1 aliphatic heterocycles. The second kappa shape index (κ2) is 5.84. The summed E-state index contributed by atoms with van der Waals surface area (Å²) in [5, 5.41) is 14.4. The Bertz CT molecular complexity index is 844. The predicted octanol–water partition coefficient (Wildman–Crippen LogP) is 2.94. The van der Waals surface area contributed by atoms with Crippen molar-refractivity contribution in [3.63, 3.8) is 0 Å². The first-order valence-corrected chi connectivity index (χ1v) is 9.26. The molecule has 3 aliphatic rings. The summed E-state index contributed by atoms with van der Waals surface area (Å²) in [6.45, 7) is 1.99. The molecule has 0 amide bonds. The van der Waals surface area contributed by atoms with E-state index in [9.17, 15) is 9.90 Å². The van der Waals surface area contributed by atoms with Crippen LogP contribution in [0, 0.1) is 11.3 Å². The molecule has 3 fully saturated rings. The molecule has 6 nitrogen and oxygen atoms in total. The van der Waals surface area contributed by atoms with Crippen molar-refractivity contribution in [1.29, 1.82) is 0 Å². The maximum absolute atomic E-state index is 11.3. The van der Waals surface area contributed by atoms with E-state index in [1.165, 1.54) is 24.6 Å². The number of aldehydes is 1. The zero-order valence-corrected chi connectivity index (χ0v) is 14.5. The Morgan fingerprint density at radius 2 is 2.27 bits per heavy atom. The van der Waals surface area contributed by atoms with Crippen LogP contribution in [0.5, 0.6) is 11.5 Å². The van der Waals surface area contributed by atoms with Crippen LogP contribution in [0.25, 0.3) is 0 Å². The Hall–Kier alpha value is -2.34. The molecule has 3 atom stereocenters. The number of carbonyl (C=O) groups is 1. The first-order valence-electron chi connectivity index (χ1n) is 9.26. The van der Waals surface area contributed by atoms with E-state index >= 15 is 0 Å². The number of benzene rings is 1. The molecule has 1 saturated heterocycles. The summed E-state index contributed by atoms with van der Waals surface area (Å²) in [5.74, 6) is 1.20. The Kier molecular flexibility index (Phi) is 3.57. The molecule has 5 rings (SSSR count). The molecule has 2 aromatic rings. The van der Waals surface area contributed by atoms with Crippen molar-refractivity contribution in [2.45, 2.75) is 31.2 Å². The lowest BCUT2D eigenvalue weighted by Gasteiger charge is -2.23. The van der Waals surface area contributed by atoms with Crippen LogP contribution >= 0.6 is 0 Å². The average molecular weight is 354 g/mol. The summed E-state index contributed by atoms with van der Waals surface area (Å²) < 4.78 is 14.0. The summed E-state index contributed by atoms with van der Waals surface area (Å²) in [6.07, 6.45) is 5.90. The van der Waals surface area contributed by atoms with Crippen molar-refractivity contribution in [2.24, 2.45) is 11.3 Å². The fourth-order valence-corrected chi connectivity index (χ4v) is 4.61. The smallest absolute Gasteiger partial charge is 0.157 e. The Labute approximate surface area is 151 Å². The van der Waals surface area contributed by atoms with Crippen LogP contribution in [-0.4, -0.2) is 41.0 Å². The second-order valence-corrected chi connectivity index (χ2v) is 7.67. The van der Waals surface area contributed by atoms with Crippen LogP contribution in [0.1, 0.15) is 47.3 Å². The van der Waals surface area contributed by atoms with Crippen molar-refractivity contribution in [3.05, 3.63) is 41.7 Å². The van der Waals surface area contributed by atoms with Gasteiger partial charge in [-0.25, -0.2) is 0 Å². The van der Waals surface area contributed by atoms with Crippen molar-refractivity contribution in [3.8, 4) is 11.5 Å². The number of nitrogens with zero attached hydrogens (tertiary/aromatic N) is 2. The van der Waals surface area contributed by atoms with Gasteiger partial charge in [0.15, 0.2) is 6.29 Å². The lowest BCUT2D eigenvalue weighted by molar-refractivity contribution is 0.0436. The maximum atomic E-state index is 11.3. The van der Waals surface area contributed by atoms with E-state index < -0.39 is 0 Å². The SMILES string of the molecule is O=Cc1c(O)cccc1OCC12CCOCC1C2c1ccnn1C1CC1. The van der Waals surface area contributed by atoms with Gasteiger partial charge in [-0.15, -0.1) is 0 Å². The fraction of sp³-hybridized carbons (Fsp3) is 0.500. The number of hydrogen-bond acceptors (Lipinski definition) is 5. The average Bonchev–Trinajstić information content (AvgIpc) is 3.56. The number of ether oxygens (including phenoxy) is 2. The number of aromatic nitrogens is 2. The Balaban J connectivity index is 1.41. The van der Waals surface area contributed by atoms with Crippen LogP contribution in [0.2, 0.25) is 0 Å². The minimum absolute atomic E-state index is 0.0243. The molecule has 6 heteroatoms. The predicted molar refractivity (Wildman–Crippen MR) is 93.6 cm³/mol. The Morgan fingerprint density at radius 1 is 1.38 bits per heavy atom. The number of phenols is 1. The number of phenolic OH excluding ortho intramolecular Hbond substituents is 1. The number of aromatic hydroxyl groups is 1. The molecule has 1 N–H and O–H groups in total. The second-order valence-electron chi connectivity index (χ2n) is 7.67. The highest BCUT2D eigenvalue weighted by molar-refractivity contribution is 5.83. The highest BCUT2D eigenvalue weighted by Crippen LogP contribution is 2.68. The van der Waals surface area contributed by atoms with Gasteiger partial charge in [0.25, 0.3) is 0 Å². The molecule has 2 saturated carbocycles. The standard InChI is InChI=1S/C20H22N2O4/c23-10-14-17(24)2-1-3-18(14)26-12-20-7-9-25-11-15(20)19(20)16-6-8-21-22(16)13-4-5-13/h1-3,6,8,10,13,15,19,24H,4-5,7,9,11-12H2. The minimum atomic E-state index is -0.0438. The third kappa shape index (κ3) is 2.35. The molecule has 0 radical (unpaired) electrons. The van der Waals surface area contributed by atoms with E-state index in [1.807, 2.05) is 6.20 Å². The number of hydrogen-bond donors (Lipinski definition) is 1. The summed E-state index contributed by atoms with van der Waals surface area (Å²) in [5.41, 5.74) is 1.53. The molecule has 1 aromatic heterocycles. The van der Waals surface area contributed by atoms with Gasteiger partial charge in [0.2, 0.25) is 0 Å². The highest BCUT2D eigenvalue weighted by Gasteiger charge is 2.67. The quantitative estimate of drug-likeness (QED) is 0.808. The van der Waals surface area contributed by atoms with Gasteiger partial charge in [0.1, 0.15) is 11.5 Å². The van der Waals surface area contributed by atoms with Gasteiger partial charge in [-0.1, -0.05) is 6.07 Å². The normalized spacial score (nSPS) is 29.8. The van der Waals surface area contributed by atoms with Gasteiger partial charge >= 0.3 is 0 Å². The summed E-state index contributed by atoms with van der Waals surface area (Å²) in [6, 6.07) is 7.62. The monoisotopic (exact) mass is 354 g/mol. The topological polar surface area (TPSA) is 73.6 Å². The summed E-state index contributed by atoms with van der Waals surface area (Å²) in [4.78, 5) is 11.3. The van der Waals surface area contributed by atoms with Crippen LogP contribution in [0.3, 0.4) is 0 Å². The molecule has 0 spiro atoms. The van der Waals surface area contributed by atoms with Crippen LogP contribution in [0.4, 0.5) is 0 Å². The molecule has 2 heterocycles. The Morgan fingerprint density at radius 3 is 3.08 bits per heavy atom. The summed E-state index contributed by atoms with van der Waals surface area (Å²) in [7, 11) is 0. The van der Waals surface area contributed by atoms with Crippen molar-refractivity contribution < 1.29 is 19.4 Å². The molecule has 1 aromatic carbocycles. The maximum Gasteiger partial charge on any atom is 0.157 e. The van der Waals surface area contributed by atoms with Crippen LogP contribution in [-0.2, 0) is 4.74 Å². The van der Waals surface area contributed by atoms with Gasteiger partial charge in [-0.2, -0.15) is 5.10 Å².